The van der Waals surface area contributed by atoms with Crippen molar-refractivity contribution in [2.75, 3.05) is 5.75 Å². The summed E-state index contributed by atoms with van der Waals surface area (Å²) >= 11 is 1.16. The predicted molar refractivity (Wildman–Crippen MR) is 97.3 cm³/mol. The summed E-state index contributed by atoms with van der Waals surface area (Å²) in [4.78, 5) is 29.1. The molecule has 0 aliphatic rings. The first-order chi connectivity index (χ1) is 11.9. The first kappa shape index (κ1) is 19.0. The molecule has 1 heterocycles. The molecule has 25 heavy (non-hydrogen) atoms. The van der Waals surface area contributed by atoms with Crippen LogP contribution in [0.15, 0.2) is 34.2 Å². The van der Waals surface area contributed by atoms with Crippen molar-refractivity contribution < 1.29 is 9.53 Å². The lowest BCUT2D eigenvalue weighted by molar-refractivity contribution is -0.142. The van der Waals surface area contributed by atoms with Crippen LogP contribution in [0.4, 0.5) is 0 Å². The third-order valence-electron chi connectivity index (χ3n) is 3.57. The summed E-state index contributed by atoms with van der Waals surface area (Å²) < 4.78 is 6.56. The van der Waals surface area contributed by atoms with Gasteiger partial charge < -0.3 is 4.74 Å². The molecule has 132 valence electrons. The molecule has 7 heteroatoms. The van der Waals surface area contributed by atoms with Gasteiger partial charge in [-0.15, -0.1) is 0 Å². The molecule has 6 nitrogen and oxygen atoms in total. The van der Waals surface area contributed by atoms with E-state index in [2.05, 4.69) is 18.8 Å². The van der Waals surface area contributed by atoms with E-state index in [9.17, 15) is 9.59 Å². The number of ether oxygens (including phenoxy) is 1. The lowest BCUT2D eigenvalue weighted by atomic mass is 10.1. The average molecular weight is 359 g/mol. The van der Waals surface area contributed by atoms with Crippen LogP contribution in [-0.4, -0.2) is 27.4 Å². The zero-order chi connectivity index (χ0) is 18.4. The van der Waals surface area contributed by atoms with Crippen LogP contribution in [0.2, 0.25) is 0 Å². The molecule has 0 radical (unpaired) electrons. The molecule has 0 aliphatic heterocycles. The van der Waals surface area contributed by atoms with Crippen LogP contribution in [0.3, 0.4) is 0 Å². The highest BCUT2D eigenvalue weighted by Crippen LogP contribution is 2.19. The standard InChI is InChI=1S/C18H21N3O3S/c1-12(2)8-9-21-17(23)14-6-4-5-7-15(14)20-18(21)25-11-16(22)24-13(3)10-19/h4-7,12-13H,8-9,11H2,1-3H3/t13-/m1/s1. The minimum atomic E-state index is -0.791. The molecule has 0 saturated carbocycles. The van der Waals surface area contributed by atoms with Crippen molar-refractivity contribution in [3.63, 3.8) is 0 Å². The topological polar surface area (TPSA) is 85.0 Å². The molecule has 0 spiro atoms. The minimum absolute atomic E-state index is 0.00151. The fraction of sp³-hybridized carbons (Fsp3) is 0.444. The molecule has 0 N–H and O–H groups in total. The van der Waals surface area contributed by atoms with Crippen molar-refractivity contribution in [2.24, 2.45) is 5.92 Å². The van der Waals surface area contributed by atoms with E-state index in [0.29, 0.717) is 28.5 Å². The van der Waals surface area contributed by atoms with Gasteiger partial charge in [0.05, 0.1) is 16.7 Å². The summed E-state index contributed by atoms with van der Waals surface area (Å²) in [6, 6.07) is 9.02. The number of thioether (sulfide) groups is 1. The molecule has 0 unspecified atom stereocenters. The predicted octanol–water partition coefficient (Wildman–Crippen LogP) is 2.99. The van der Waals surface area contributed by atoms with Gasteiger partial charge in [0.15, 0.2) is 11.3 Å². The number of carbonyl (C=O) groups excluding carboxylic acids is 1. The Bertz CT molecular complexity index is 855. The molecule has 1 aromatic carbocycles. The van der Waals surface area contributed by atoms with E-state index in [0.717, 1.165) is 18.2 Å². The number of aromatic nitrogens is 2. The van der Waals surface area contributed by atoms with E-state index in [4.69, 9.17) is 10.00 Å². The van der Waals surface area contributed by atoms with Crippen LogP contribution < -0.4 is 5.56 Å². The van der Waals surface area contributed by atoms with E-state index in [-0.39, 0.29) is 11.3 Å². The first-order valence-electron chi connectivity index (χ1n) is 8.14. The number of benzene rings is 1. The zero-order valence-electron chi connectivity index (χ0n) is 14.6. The Kier molecular flexibility index (Phi) is 6.59. The minimum Gasteiger partial charge on any atom is -0.447 e. The second kappa shape index (κ2) is 8.67. The monoisotopic (exact) mass is 359 g/mol. The van der Waals surface area contributed by atoms with Crippen LogP contribution in [0, 0.1) is 17.2 Å². The maximum absolute atomic E-state index is 12.8. The van der Waals surface area contributed by atoms with Crippen molar-refractivity contribution >= 4 is 28.6 Å². The molecular weight excluding hydrogens is 338 g/mol. The van der Waals surface area contributed by atoms with Crippen LogP contribution in [0.1, 0.15) is 27.2 Å². The van der Waals surface area contributed by atoms with Gasteiger partial charge in [0.1, 0.15) is 6.07 Å². The Hall–Kier alpha value is -2.33. The quantitative estimate of drug-likeness (QED) is 0.429. The van der Waals surface area contributed by atoms with Crippen LogP contribution in [-0.2, 0) is 16.1 Å². The third kappa shape index (κ3) is 5.07. The Morgan fingerprint density at radius 2 is 2.08 bits per heavy atom. The van der Waals surface area contributed by atoms with Crippen molar-refractivity contribution in [1.29, 1.82) is 5.26 Å². The molecule has 0 aliphatic carbocycles. The normalized spacial score (nSPS) is 12.1. The summed E-state index contributed by atoms with van der Waals surface area (Å²) in [6.07, 6.45) is 0.0458. The van der Waals surface area contributed by atoms with Gasteiger partial charge >= 0.3 is 5.97 Å². The van der Waals surface area contributed by atoms with Gasteiger partial charge in [0, 0.05) is 6.54 Å². The molecule has 1 aromatic heterocycles. The molecule has 0 bridgehead atoms. The van der Waals surface area contributed by atoms with E-state index >= 15 is 0 Å². The van der Waals surface area contributed by atoms with Gasteiger partial charge in [-0.25, -0.2) is 4.98 Å². The fourth-order valence-corrected chi connectivity index (χ4v) is 3.03. The Balaban J connectivity index is 2.29. The Morgan fingerprint density at radius 1 is 1.36 bits per heavy atom. The Morgan fingerprint density at radius 3 is 2.76 bits per heavy atom. The number of rotatable bonds is 7. The van der Waals surface area contributed by atoms with Gasteiger partial charge in [0.25, 0.3) is 5.56 Å². The summed E-state index contributed by atoms with van der Waals surface area (Å²) in [5.74, 6) is -0.0621. The van der Waals surface area contributed by atoms with Gasteiger partial charge in [-0.1, -0.05) is 37.7 Å². The summed E-state index contributed by atoms with van der Waals surface area (Å²) in [5, 5.41) is 9.76. The molecule has 0 saturated heterocycles. The number of nitrogens with zero attached hydrogens (tertiary/aromatic N) is 3. The molecular formula is C18H21N3O3S. The van der Waals surface area contributed by atoms with Gasteiger partial charge in [-0.2, -0.15) is 5.26 Å². The van der Waals surface area contributed by atoms with E-state index in [1.165, 1.54) is 6.92 Å². The van der Waals surface area contributed by atoms with Crippen molar-refractivity contribution in [2.45, 2.75) is 45.0 Å². The molecule has 1 atom stereocenters. The largest absolute Gasteiger partial charge is 0.447 e. The van der Waals surface area contributed by atoms with Gasteiger partial charge in [-0.3, -0.25) is 14.2 Å². The second-order valence-corrected chi connectivity index (χ2v) is 7.04. The summed E-state index contributed by atoms with van der Waals surface area (Å²) in [6.45, 7) is 6.23. The highest BCUT2D eigenvalue weighted by atomic mass is 32.2. The molecule has 2 aromatic rings. The van der Waals surface area contributed by atoms with Gasteiger partial charge in [-0.05, 0) is 31.4 Å². The van der Waals surface area contributed by atoms with Crippen LogP contribution in [0.5, 0.6) is 0 Å². The highest BCUT2D eigenvalue weighted by molar-refractivity contribution is 7.99. The Labute approximate surface area is 150 Å². The number of fused-ring (bicyclic) bond motifs is 1. The van der Waals surface area contributed by atoms with Crippen LogP contribution >= 0.6 is 11.8 Å². The first-order valence-corrected chi connectivity index (χ1v) is 9.12. The molecule has 0 fully saturated rings. The zero-order valence-corrected chi connectivity index (χ0v) is 15.4. The van der Waals surface area contributed by atoms with E-state index < -0.39 is 12.1 Å². The average Bonchev–Trinajstić information content (AvgIpc) is 2.59. The maximum atomic E-state index is 12.8. The highest BCUT2D eigenvalue weighted by Gasteiger charge is 2.15. The van der Waals surface area contributed by atoms with E-state index in [1.54, 1.807) is 16.7 Å². The van der Waals surface area contributed by atoms with Crippen molar-refractivity contribution in [1.82, 2.24) is 9.55 Å². The fourth-order valence-electron chi connectivity index (χ4n) is 2.22. The second-order valence-electron chi connectivity index (χ2n) is 6.10. The number of hydrogen-bond donors (Lipinski definition) is 0. The number of para-hydroxylation sites is 1. The SMILES string of the molecule is CC(C)CCn1c(SCC(=O)O[C@H](C)C#N)nc2ccccc2c1=O. The van der Waals surface area contributed by atoms with E-state index in [1.807, 2.05) is 18.2 Å². The number of esters is 1. The summed E-state index contributed by atoms with van der Waals surface area (Å²) in [7, 11) is 0. The lowest BCUT2D eigenvalue weighted by Crippen LogP contribution is -2.25. The molecule has 2 rings (SSSR count). The number of carbonyl (C=O) groups is 1. The van der Waals surface area contributed by atoms with Crippen LogP contribution in [0.25, 0.3) is 10.9 Å². The lowest BCUT2D eigenvalue weighted by Gasteiger charge is -2.14. The van der Waals surface area contributed by atoms with Gasteiger partial charge in [0.2, 0.25) is 0 Å². The summed E-state index contributed by atoms with van der Waals surface area (Å²) in [5.41, 5.74) is 0.502. The van der Waals surface area contributed by atoms with Crippen molar-refractivity contribution in [3.8, 4) is 6.07 Å². The van der Waals surface area contributed by atoms with Crippen molar-refractivity contribution in [3.05, 3.63) is 34.6 Å². The number of nitriles is 1. The maximum Gasteiger partial charge on any atom is 0.317 e. The third-order valence-corrected chi connectivity index (χ3v) is 4.52. The number of hydrogen-bond acceptors (Lipinski definition) is 6. The molecule has 0 amide bonds. The smallest absolute Gasteiger partial charge is 0.317 e.